The van der Waals surface area contributed by atoms with Crippen molar-refractivity contribution in [1.82, 2.24) is 39.0 Å². The van der Waals surface area contributed by atoms with E-state index >= 15 is 4.39 Å². The topological polar surface area (TPSA) is 296 Å². The second kappa shape index (κ2) is 18.2. The van der Waals surface area contributed by atoms with Gasteiger partial charge in [-0.15, -0.1) is 0 Å². The van der Waals surface area contributed by atoms with Crippen LogP contribution in [0.2, 0.25) is 0 Å². The molecule has 6 heterocycles. The van der Waals surface area contributed by atoms with E-state index in [9.17, 15) is 35.0 Å². The Balaban J connectivity index is 1.12. The van der Waals surface area contributed by atoms with Crippen LogP contribution in [0.25, 0.3) is 22.3 Å². The molecule has 0 bridgehead atoms. The number of halogens is 1. The molecule has 9 atom stereocenters. The third kappa shape index (κ3) is 8.68. The zero-order valence-electron chi connectivity index (χ0n) is 31.8. The zero-order valence-corrected chi connectivity index (χ0v) is 33.5. The summed E-state index contributed by atoms with van der Waals surface area (Å²) in [5.74, 6) is -2.45. The summed E-state index contributed by atoms with van der Waals surface area (Å²) in [5.41, 5.74) is -0.317. The van der Waals surface area contributed by atoms with E-state index in [2.05, 4.69) is 40.5 Å². The van der Waals surface area contributed by atoms with E-state index < -0.39 is 98.8 Å². The van der Waals surface area contributed by atoms with E-state index in [1.807, 2.05) is 6.07 Å². The molecular formula is C35H39FN11O11PS. The number of anilines is 2. The van der Waals surface area contributed by atoms with Crippen molar-refractivity contribution >= 4 is 64.4 Å². The molecule has 25 heteroatoms. The summed E-state index contributed by atoms with van der Waals surface area (Å²) in [6, 6.07) is 10.3. The van der Waals surface area contributed by atoms with Crippen molar-refractivity contribution < 1.29 is 52.3 Å². The number of alkyl halides is 1. The van der Waals surface area contributed by atoms with Gasteiger partial charge in [0.1, 0.15) is 24.6 Å². The Morgan fingerprint density at radius 2 is 1.73 bits per heavy atom. The second-order valence-electron chi connectivity index (χ2n) is 13.9. The largest absolute Gasteiger partial charge is 0.396 e. The van der Waals surface area contributed by atoms with Gasteiger partial charge in [-0.05, 0) is 23.9 Å². The van der Waals surface area contributed by atoms with Crippen LogP contribution in [-0.2, 0) is 39.6 Å². The van der Waals surface area contributed by atoms with Gasteiger partial charge >= 0.3 is 6.72 Å². The highest BCUT2D eigenvalue weighted by Crippen LogP contribution is 2.56. The second-order valence-corrected chi connectivity index (χ2v) is 16.9. The van der Waals surface area contributed by atoms with E-state index in [1.54, 1.807) is 44.2 Å². The van der Waals surface area contributed by atoms with E-state index in [1.165, 1.54) is 21.8 Å². The number of fused-ring (bicyclic) bond motifs is 2. The molecule has 6 N–H and O–H groups in total. The van der Waals surface area contributed by atoms with Gasteiger partial charge in [0.15, 0.2) is 46.8 Å². The first-order valence-corrected chi connectivity index (χ1v) is 21.0. The lowest BCUT2D eigenvalue weighted by Crippen LogP contribution is -2.34. The molecule has 7 rings (SSSR count). The molecule has 2 aliphatic rings. The van der Waals surface area contributed by atoms with Gasteiger partial charge in [0.25, 0.3) is 11.5 Å². The normalized spacial score (nSPS) is 25.1. The zero-order chi connectivity index (χ0) is 42.7. The molecule has 2 amide bonds. The Morgan fingerprint density at radius 1 is 1.02 bits per heavy atom. The van der Waals surface area contributed by atoms with E-state index in [4.69, 9.17) is 34.9 Å². The lowest BCUT2D eigenvalue weighted by Gasteiger charge is -2.30. The van der Waals surface area contributed by atoms with Crippen molar-refractivity contribution in [2.24, 2.45) is 11.8 Å². The van der Waals surface area contributed by atoms with Crippen molar-refractivity contribution in [2.75, 3.05) is 37.1 Å². The van der Waals surface area contributed by atoms with Crippen LogP contribution in [0.3, 0.4) is 0 Å². The molecular weight excluding hydrogens is 832 g/mol. The van der Waals surface area contributed by atoms with Gasteiger partial charge in [-0.25, -0.2) is 24.3 Å². The van der Waals surface area contributed by atoms with Gasteiger partial charge < -0.3 is 43.7 Å². The molecule has 1 aromatic carbocycles. The number of carbonyl (C=O) groups excluding carboxylic acids is 2. The predicted octanol–water partition coefficient (Wildman–Crippen LogP) is 1.46. The fourth-order valence-electron chi connectivity index (χ4n) is 6.55. The summed E-state index contributed by atoms with van der Waals surface area (Å²) in [5, 5.41) is 46.2. The average Bonchev–Trinajstić information content (AvgIpc) is 4.01. The number of rotatable bonds is 16. The summed E-state index contributed by atoms with van der Waals surface area (Å²) in [7, 11) is 0. The lowest BCUT2D eigenvalue weighted by atomic mass is 9.99. The number of nitrogens with zero attached hydrogens (tertiary/aromatic N) is 8. The van der Waals surface area contributed by atoms with Crippen LogP contribution >= 0.6 is 6.72 Å². The first-order valence-electron chi connectivity index (χ1n) is 18.5. The van der Waals surface area contributed by atoms with E-state index in [0.717, 1.165) is 6.33 Å². The monoisotopic (exact) mass is 871 g/mol. The summed E-state index contributed by atoms with van der Waals surface area (Å²) in [4.78, 5) is 61.8. The highest BCUT2D eigenvalue weighted by molar-refractivity contribution is 8.07. The summed E-state index contributed by atoms with van der Waals surface area (Å²) in [6.45, 7) is -2.84. The number of benzene rings is 1. The number of hydrogen-bond donors (Lipinski definition) is 6. The molecule has 0 radical (unpaired) electrons. The van der Waals surface area contributed by atoms with Crippen molar-refractivity contribution in [2.45, 2.75) is 63.3 Å². The minimum Gasteiger partial charge on any atom is -0.396 e. The molecule has 4 aromatic heterocycles. The molecule has 5 aromatic rings. The number of aromatic nitrogens is 8. The number of carbonyl (C=O) groups is 2. The highest BCUT2D eigenvalue weighted by atomic mass is 32.5. The van der Waals surface area contributed by atoms with Gasteiger partial charge in [-0.3, -0.25) is 33.8 Å². The molecule has 0 saturated carbocycles. The number of amides is 2. The minimum atomic E-state index is -4.06. The van der Waals surface area contributed by atoms with Crippen LogP contribution in [0, 0.1) is 23.2 Å². The molecule has 22 nitrogen and oxygen atoms in total. The number of ether oxygens (including phenoxy) is 2. The van der Waals surface area contributed by atoms with E-state index in [0.29, 0.717) is 5.56 Å². The Bertz CT molecular complexity index is 2500. The van der Waals surface area contributed by atoms with Gasteiger partial charge in [0.05, 0.1) is 57.7 Å². The maximum Gasteiger partial charge on any atom is 0.327 e. The smallest absolute Gasteiger partial charge is 0.327 e. The fraction of sp³-hybridized carbons (Fsp3) is 0.457. The molecule has 60 heavy (non-hydrogen) atoms. The van der Waals surface area contributed by atoms with Crippen molar-refractivity contribution in [3.8, 4) is 6.07 Å². The number of aliphatic hydroxyl groups excluding tert-OH is 3. The number of aromatic amines is 1. The fourth-order valence-corrected chi connectivity index (χ4v) is 8.65. The molecule has 2 fully saturated rings. The number of H-pyrrole nitrogens is 1. The van der Waals surface area contributed by atoms with Crippen LogP contribution in [0.15, 0.2) is 54.1 Å². The quantitative estimate of drug-likeness (QED) is 0.0604. The number of aliphatic hydroxyl groups is 3. The predicted molar refractivity (Wildman–Crippen MR) is 209 cm³/mol. The highest BCUT2D eigenvalue weighted by Gasteiger charge is 2.51. The summed E-state index contributed by atoms with van der Waals surface area (Å²) >= 11 is 5.77. The van der Waals surface area contributed by atoms with Gasteiger partial charge in [-0.2, -0.15) is 10.2 Å². The number of imidazole rings is 2. The molecule has 0 aliphatic carbocycles. The van der Waals surface area contributed by atoms with Crippen LogP contribution in [0.5, 0.6) is 0 Å². The third-order valence-electron chi connectivity index (χ3n) is 9.66. The number of nitrogens with one attached hydrogen (secondary N) is 3. The van der Waals surface area contributed by atoms with Gasteiger partial charge in [0.2, 0.25) is 11.9 Å². The lowest BCUT2D eigenvalue weighted by molar-refractivity contribution is -0.118. The van der Waals surface area contributed by atoms with Crippen LogP contribution in [-0.4, -0.2) is 123 Å². The molecule has 318 valence electrons. The Kier molecular flexibility index (Phi) is 13.0. The summed E-state index contributed by atoms with van der Waals surface area (Å²) < 4.78 is 48.6. The SMILES string of the molecule is CC(C)C(=O)Nc1nc2c(ncn2[C@@H]2OC(CO)[C@H](CO)[C@@H]2OP(=S)(OCCC#N)OC[C@H]2OC(n3cnc4c(NC(=O)c5ccccc5)ncnc43)[C@@H](F)[C@H]2O)c(=O)[nH]1. The Hall–Kier alpha value is -5.19. The Morgan fingerprint density at radius 3 is 2.43 bits per heavy atom. The molecule has 2 saturated heterocycles. The number of nitriles is 1. The van der Waals surface area contributed by atoms with E-state index in [-0.39, 0.29) is 47.1 Å². The molecule has 0 spiro atoms. The van der Waals surface area contributed by atoms with Crippen LogP contribution < -0.4 is 16.2 Å². The maximum atomic E-state index is 15.9. The minimum absolute atomic E-state index is 0.0530. The number of hydrogen-bond acceptors (Lipinski definition) is 18. The standard InChI is InChI=1S/C35H39FN11O11PS/c1-17(2)30(51)44-35-43-29-24(32(53)45-35)41-16-47(29)34-26(19(11-48)20(12-49)56-34)58-59(60,54-10-6-9-37)55-13-21-25(50)22(36)33(57-21)46-15-40-23-27(38-14-39-28(23)46)42-31(52)18-7-4-3-5-8-18/h3-5,7-8,14-17,19-22,25-26,33-34,48-50H,6,10-13H2,1-2H3,(H,38,39,42,52)(H2,43,44,45,51,53)/t19-,20?,21+,22-,25-,26-,33?,34+,59?/m0/s1. The third-order valence-corrected chi connectivity index (χ3v) is 12.0. The average molecular weight is 872 g/mol. The maximum absolute atomic E-state index is 15.9. The first kappa shape index (κ1) is 42.9. The van der Waals surface area contributed by atoms with Crippen molar-refractivity contribution in [3.63, 3.8) is 0 Å². The summed E-state index contributed by atoms with van der Waals surface area (Å²) in [6.07, 6.45) is -6.90. The van der Waals surface area contributed by atoms with Crippen molar-refractivity contribution in [1.29, 1.82) is 5.26 Å². The molecule has 3 unspecified atom stereocenters. The van der Waals surface area contributed by atoms with Crippen molar-refractivity contribution in [3.05, 3.63) is 65.2 Å². The van der Waals surface area contributed by atoms with Crippen LogP contribution in [0.4, 0.5) is 16.2 Å². The first-order chi connectivity index (χ1) is 28.9. The van der Waals surface area contributed by atoms with Gasteiger partial charge in [-0.1, -0.05) is 32.0 Å². The van der Waals surface area contributed by atoms with Gasteiger partial charge in [0, 0.05) is 17.4 Å². The Labute approximate surface area is 343 Å². The molecule has 2 aliphatic heterocycles. The van der Waals surface area contributed by atoms with Crippen LogP contribution in [0.1, 0.15) is 43.1 Å².